The molecule has 0 heterocycles. The Morgan fingerprint density at radius 3 is 2.12 bits per heavy atom. The molecule has 1 aliphatic carbocycles. The molecule has 0 aromatic rings. The Kier molecular flexibility index (Phi) is 9.33. The first-order valence-electron chi connectivity index (χ1n) is 1.97. The van der Waals surface area contributed by atoms with E-state index in [1.807, 2.05) is 0 Å². The molecule has 0 fully saturated rings. The van der Waals surface area contributed by atoms with Crippen molar-refractivity contribution in [1.82, 2.24) is 0 Å². The van der Waals surface area contributed by atoms with Gasteiger partial charge in [0.1, 0.15) is 0 Å². The molecule has 0 amide bonds. The molecule has 8 heavy (non-hydrogen) atoms. The molecule has 0 aromatic heterocycles. The SMILES string of the molecule is Br.Br.[Ti][C]1=CC=CC1. The summed E-state index contributed by atoms with van der Waals surface area (Å²) >= 11 is 2.14. The Morgan fingerprint density at radius 2 is 2.00 bits per heavy atom. The summed E-state index contributed by atoms with van der Waals surface area (Å²) in [4.78, 5) is 0. The summed E-state index contributed by atoms with van der Waals surface area (Å²) in [7, 11) is 0. The molecule has 0 spiro atoms. The third-order valence-electron chi connectivity index (χ3n) is 0.771. The third kappa shape index (κ3) is 4.08. The topological polar surface area (TPSA) is 0 Å². The van der Waals surface area contributed by atoms with Crippen LogP contribution in [0.25, 0.3) is 0 Å². The van der Waals surface area contributed by atoms with E-state index in [4.69, 9.17) is 0 Å². The normalized spacial score (nSPS) is 13.6. The van der Waals surface area contributed by atoms with Gasteiger partial charge in [0, 0.05) is 0 Å². The zero-order chi connectivity index (χ0) is 4.41. The van der Waals surface area contributed by atoms with Gasteiger partial charge in [-0.25, -0.2) is 0 Å². The van der Waals surface area contributed by atoms with Crippen molar-refractivity contribution in [3.63, 3.8) is 0 Å². The number of rotatable bonds is 0. The third-order valence-corrected chi connectivity index (χ3v) is 1.35. The Balaban J connectivity index is 0. The Hall–Kier alpha value is 1.15. The molecule has 0 atom stereocenters. The van der Waals surface area contributed by atoms with Crippen LogP contribution in [-0.2, 0) is 20.4 Å². The second-order valence-corrected chi connectivity index (χ2v) is 2.33. The monoisotopic (exact) mass is 273 g/mol. The molecule has 0 saturated heterocycles. The van der Waals surface area contributed by atoms with E-state index < -0.39 is 0 Å². The fourth-order valence-corrected chi connectivity index (χ4v) is 0.782. The standard InChI is InChI=1S/C5H5.2BrH.Ti/c1-2-4-5-3-1;;;/h1-3H,4H2;2*1H;. The van der Waals surface area contributed by atoms with E-state index in [1.165, 1.54) is 10.3 Å². The Bertz CT molecular complexity index is 107. The molecule has 0 aliphatic heterocycles. The van der Waals surface area contributed by atoms with Crippen molar-refractivity contribution >= 4 is 34.0 Å². The van der Waals surface area contributed by atoms with Gasteiger partial charge < -0.3 is 0 Å². The summed E-state index contributed by atoms with van der Waals surface area (Å²) in [6.45, 7) is 0. The summed E-state index contributed by atoms with van der Waals surface area (Å²) in [6, 6.07) is 0. The second kappa shape index (κ2) is 6.28. The molecule has 1 rings (SSSR count). The van der Waals surface area contributed by atoms with Gasteiger partial charge in [-0.15, -0.1) is 34.0 Å². The molecule has 0 saturated carbocycles. The molecule has 0 nitrogen and oxygen atoms in total. The maximum atomic E-state index is 2.16. The zero-order valence-corrected chi connectivity index (χ0v) is 9.24. The molecular weight excluding hydrogens is 268 g/mol. The van der Waals surface area contributed by atoms with E-state index >= 15 is 0 Å². The van der Waals surface area contributed by atoms with Gasteiger partial charge in [0.2, 0.25) is 0 Å². The summed E-state index contributed by atoms with van der Waals surface area (Å²) in [5.74, 6) is 0. The van der Waals surface area contributed by atoms with Crippen LogP contribution >= 0.6 is 34.0 Å². The predicted octanol–water partition coefficient (Wildman–Crippen LogP) is 2.53. The first kappa shape index (κ1) is 11.9. The molecule has 0 bridgehead atoms. The van der Waals surface area contributed by atoms with Crippen molar-refractivity contribution in [1.29, 1.82) is 0 Å². The van der Waals surface area contributed by atoms with Gasteiger partial charge in [-0.05, 0) is 0 Å². The van der Waals surface area contributed by atoms with Crippen molar-refractivity contribution < 1.29 is 20.4 Å². The van der Waals surface area contributed by atoms with Crippen molar-refractivity contribution in [2.24, 2.45) is 0 Å². The Labute approximate surface area is 82.4 Å². The fourth-order valence-electron chi connectivity index (χ4n) is 0.447. The van der Waals surface area contributed by atoms with Crippen LogP contribution in [0.5, 0.6) is 0 Å². The van der Waals surface area contributed by atoms with E-state index in [2.05, 4.69) is 38.7 Å². The van der Waals surface area contributed by atoms with Gasteiger partial charge in [0.25, 0.3) is 0 Å². The van der Waals surface area contributed by atoms with Gasteiger partial charge in [-0.2, -0.15) is 0 Å². The van der Waals surface area contributed by atoms with Crippen molar-refractivity contribution in [3.8, 4) is 0 Å². The zero-order valence-electron chi connectivity index (χ0n) is 4.26. The predicted molar refractivity (Wildman–Crippen MR) is 42.5 cm³/mol. The van der Waals surface area contributed by atoms with Crippen LogP contribution in [0, 0.1) is 0 Å². The number of hydrogen-bond acceptors (Lipinski definition) is 0. The van der Waals surface area contributed by atoms with Crippen LogP contribution in [0.15, 0.2) is 22.1 Å². The quantitative estimate of drug-likeness (QED) is 0.596. The molecule has 0 N–H and O–H groups in total. The number of allylic oxidation sites excluding steroid dienone is 4. The van der Waals surface area contributed by atoms with Crippen LogP contribution in [0.1, 0.15) is 6.42 Å². The Morgan fingerprint density at radius 1 is 1.38 bits per heavy atom. The summed E-state index contributed by atoms with van der Waals surface area (Å²) in [5, 5.41) is 0. The minimum atomic E-state index is 0. The molecule has 3 heteroatoms. The van der Waals surface area contributed by atoms with Crippen LogP contribution in [0.3, 0.4) is 0 Å². The van der Waals surface area contributed by atoms with E-state index in [9.17, 15) is 0 Å². The van der Waals surface area contributed by atoms with Crippen LogP contribution in [-0.4, -0.2) is 0 Å². The van der Waals surface area contributed by atoms with Crippen molar-refractivity contribution in [2.75, 3.05) is 0 Å². The van der Waals surface area contributed by atoms with E-state index in [-0.39, 0.29) is 34.0 Å². The average molecular weight is 275 g/mol. The first-order valence-corrected chi connectivity index (χ1v) is 2.75. The van der Waals surface area contributed by atoms with E-state index in [1.54, 1.807) is 0 Å². The van der Waals surface area contributed by atoms with Crippen LogP contribution < -0.4 is 0 Å². The number of halogens is 2. The fraction of sp³-hybridized carbons (Fsp3) is 0.200. The van der Waals surface area contributed by atoms with Gasteiger partial charge in [-0.3, -0.25) is 0 Å². The molecule has 0 aromatic carbocycles. The van der Waals surface area contributed by atoms with Crippen LogP contribution in [0.2, 0.25) is 0 Å². The molecule has 1 aliphatic rings. The van der Waals surface area contributed by atoms with Gasteiger partial charge >= 0.3 is 49.0 Å². The molecule has 45 valence electrons. The van der Waals surface area contributed by atoms with E-state index in [0.717, 1.165) is 0 Å². The van der Waals surface area contributed by atoms with E-state index in [0.29, 0.717) is 0 Å². The number of hydrogen-bond donors (Lipinski definition) is 0. The first-order chi connectivity index (χ1) is 2.89. The molecule has 0 unspecified atom stereocenters. The molecule has 0 radical (unpaired) electrons. The molecular formula is C5H7Br2Ti. The van der Waals surface area contributed by atoms with Gasteiger partial charge in [0.15, 0.2) is 0 Å². The second-order valence-electron chi connectivity index (χ2n) is 1.32. The summed E-state index contributed by atoms with van der Waals surface area (Å²) < 4.78 is 1.47. The average Bonchev–Trinajstić information content (AvgIpc) is 1.86. The van der Waals surface area contributed by atoms with Gasteiger partial charge in [0.05, 0.1) is 0 Å². The van der Waals surface area contributed by atoms with Gasteiger partial charge in [-0.1, -0.05) is 0 Å². The summed E-state index contributed by atoms with van der Waals surface area (Å²) in [6.07, 6.45) is 7.56. The summed E-state index contributed by atoms with van der Waals surface area (Å²) in [5.41, 5.74) is 0. The van der Waals surface area contributed by atoms with Crippen LogP contribution in [0.4, 0.5) is 0 Å². The van der Waals surface area contributed by atoms with Crippen molar-refractivity contribution in [2.45, 2.75) is 6.42 Å². The minimum absolute atomic E-state index is 0. The van der Waals surface area contributed by atoms with Crippen molar-refractivity contribution in [3.05, 3.63) is 22.1 Å². The maximum absolute atomic E-state index is 2.16.